The lowest BCUT2D eigenvalue weighted by atomic mass is 9.67. The molecule has 0 aromatic heterocycles. The number of phenolic OH excluding ortho intramolecular Hbond substituents is 4. The first kappa shape index (κ1) is 35.3. The number of benzene rings is 6. The molecule has 0 saturated heterocycles. The molecule has 0 aliphatic heterocycles. The highest BCUT2D eigenvalue weighted by atomic mass is 16.3. The largest absolute Gasteiger partial charge is 0.508 e. The van der Waals surface area contributed by atoms with Gasteiger partial charge in [-0.2, -0.15) is 0 Å². The van der Waals surface area contributed by atoms with Crippen LogP contribution < -0.4 is 0 Å². The molecule has 0 atom stereocenters. The Hall–Kier alpha value is -5.52. The highest BCUT2D eigenvalue weighted by Gasteiger charge is 2.46. The molecule has 6 aromatic rings. The van der Waals surface area contributed by atoms with Crippen LogP contribution in [0.25, 0.3) is 11.1 Å². The summed E-state index contributed by atoms with van der Waals surface area (Å²) in [6.45, 7) is 9.91. The molecule has 0 spiro atoms. The van der Waals surface area contributed by atoms with Gasteiger partial charge in [-0.05, 0) is 132 Å². The van der Waals surface area contributed by atoms with Gasteiger partial charge in [0.05, 0.1) is 5.41 Å². The summed E-state index contributed by atoms with van der Waals surface area (Å²) in [5, 5.41) is 49.1. The number of aryl methyl sites for hydroxylation is 4. The quantitative estimate of drug-likeness (QED) is 0.116. The normalized spacial score (nSPS) is 12.8. The zero-order valence-corrected chi connectivity index (χ0v) is 29.9. The first-order chi connectivity index (χ1) is 24.4. The highest BCUT2D eigenvalue weighted by molar-refractivity contribution is 5.86. The predicted molar refractivity (Wildman–Crippen MR) is 205 cm³/mol. The SMILES string of the molecule is Cc1cc(C(C)(CCCO)c2ccc(O)c(C)c2)ccc1O.Cc1cc(C2(c3ccc(O)c(C)c3)c3ccccc3-c3ccccc32)ccc1O. The Morgan fingerprint density at radius 2 is 0.863 bits per heavy atom. The van der Waals surface area contributed by atoms with Crippen molar-refractivity contribution in [3.05, 3.63) is 177 Å². The lowest BCUT2D eigenvalue weighted by Crippen LogP contribution is -2.28. The van der Waals surface area contributed by atoms with E-state index in [1.54, 1.807) is 24.3 Å². The minimum Gasteiger partial charge on any atom is -0.508 e. The molecule has 0 radical (unpaired) electrons. The fraction of sp³-hybridized carbons (Fsp3) is 0.217. The third-order valence-corrected chi connectivity index (χ3v) is 10.7. The maximum Gasteiger partial charge on any atom is 0.118 e. The van der Waals surface area contributed by atoms with Crippen LogP contribution in [0.2, 0.25) is 0 Å². The van der Waals surface area contributed by atoms with E-state index in [0.717, 1.165) is 50.9 Å². The fourth-order valence-electron chi connectivity index (χ4n) is 7.69. The van der Waals surface area contributed by atoms with Gasteiger partial charge in [0.1, 0.15) is 23.0 Å². The van der Waals surface area contributed by atoms with E-state index in [2.05, 4.69) is 67.6 Å². The third-order valence-electron chi connectivity index (χ3n) is 10.7. The van der Waals surface area contributed by atoms with Crippen LogP contribution in [0, 0.1) is 27.7 Å². The molecule has 0 heterocycles. The van der Waals surface area contributed by atoms with Crippen LogP contribution in [-0.4, -0.2) is 32.1 Å². The molecule has 1 aliphatic rings. The van der Waals surface area contributed by atoms with E-state index in [-0.39, 0.29) is 23.5 Å². The van der Waals surface area contributed by atoms with Gasteiger partial charge >= 0.3 is 0 Å². The maximum atomic E-state index is 10.2. The minimum absolute atomic E-state index is 0.143. The molecule has 5 nitrogen and oxygen atoms in total. The number of fused-ring (bicyclic) bond motifs is 3. The molecule has 0 saturated carbocycles. The Morgan fingerprint density at radius 1 is 0.490 bits per heavy atom. The van der Waals surface area contributed by atoms with Crippen molar-refractivity contribution in [2.24, 2.45) is 0 Å². The molecule has 6 aromatic carbocycles. The van der Waals surface area contributed by atoms with Gasteiger partial charge in [0.2, 0.25) is 0 Å². The number of rotatable bonds is 7. The van der Waals surface area contributed by atoms with Crippen molar-refractivity contribution in [1.82, 2.24) is 0 Å². The summed E-state index contributed by atoms with van der Waals surface area (Å²) in [4.78, 5) is 0. The lowest BCUT2D eigenvalue weighted by Gasteiger charge is -2.34. The number of phenols is 4. The summed E-state index contributed by atoms with van der Waals surface area (Å²) in [6, 6.07) is 40.1. The van der Waals surface area contributed by atoms with Crippen molar-refractivity contribution in [1.29, 1.82) is 0 Å². The van der Waals surface area contributed by atoms with Crippen molar-refractivity contribution in [2.45, 2.75) is 58.3 Å². The van der Waals surface area contributed by atoms with Gasteiger partial charge < -0.3 is 25.5 Å². The Morgan fingerprint density at radius 3 is 1.24 bits per heavy atom. The van der Waals surface area contributed by atoms with Crippen LogP contribution in [0.15, 0.2) is 121 Å². The molecule has 260 valence electrons. The van der Waals surface area contributed by atoms with Crippen LogP contribution in [0.1, 0.15) is 75.4 Å². The number of aliphatic hydroxyl groups excluding tert-OH is 1. The second-order valence-corrected chi connectivity index (χ2v) is 14.0. The molecule has 0 bridgehead atoms. The molecule has 1 aliphatic carbocycles. The molecule has 0 fully saturated rings. The molecule has 0 amide bonds. The summed E-state index contributed by atoms with van der Waals surface area (Å²) in [7, 11) is 0. The zero-order valence-electron chi connectivity index (χ0n) is 29.9. The molecular formula is C46H46O5. The van der Waals surface area contributed by atoms with E-state index in [1.807, 2.05) is 64.1 Å². The Kier molecular flexibility index (Phi) is 9.70. The van der Waals surface area contributed by atoms with Crippen molar-refractivity contribution >= 4 is 0 Å². The Balaban J connectivity index is 0.000000183. The molecule has 51 heavy (non-hydrogen) atoms. The smallest absolute Gasteiger partial charge is 0.118 e. The Labute approximate surface area is 300 Å². The van der Waals surface area contributed by atoms with E-state index < -0.39 is 5.41 Å². The van der Waals surface area contributed by atoms with E-state index in [1.165, 1.54) is 22.3 Å². The summed E-state index contributed by atoms with van der Waals surface area (Å²) in [5.41, 5.74) is 11.9. The van der Waals surface area contributed by atoms with Crippen LogP contribution in [0.3, 0.4) is 0 Å². The first-order valence-corrected chi connectivity index (χ1v) is 17.4. The number of hydrogen-bond acceptors (Lipinski definition) is 5. The molecule has 5 heteroatoms. The van der Waals surface area contributed by atoms with Crippen LogP contribution in [-0.2, 0) is 10.8 Å². The number of aromatic hydroxyl groups is 4. The first-order valence-electron chi connectivity index (χ1n) is 17.4. The zero-order chi connectivity index (χ0) is 36.5. The maximum absolute atomic E-state index is 10.2. The van der Waals surface area contributed by atoms with Gasteiger partial charge in [-0.25, -0.2) is 0 Å². The minimum atomic E-state index is -0.510. The monoisotopic (exact) mass is 678 g/mol. The second kappa shape index (κ2) is 14.0. The lowest BCUT2D eigenvalue weighted by molar-refractivity contribution is 0.272. The van der Waals surface area contributed by atoms with E-state index in [4.69, 9.17) is 0 Å². The van der Waals surface area contributed by atoms with E-state index >= 15 is 0 Å². The van der Waals surface area contributed by atoms with Gasteiger partial charge in [-0.3, -0.25) is 0 Å². The van der Waals surface area contributed by atoms with Crippen LogP contribution >= 0.6 is 0 Å². The summed E-state index contributed by atoms with van der Waals surface area (Å²) in [5.74, 6) is 1.17. The molecular weight excluding hydrogens is 633 g/mol. The number of aliphatic hydroxyl groups is 1. The number of hydrogen-bond donors (Lipinski definition) is 5. The van der Waals surface area contributed by atoms with Crippen molar-refractivity contribution in [3.8, 4) is 34.1 Å². The van der Waals surface area contributed by atoms with Gasteiger partial charge in [0, 0.05) is 12.0 Å². The molecule has 5 N–H and O–H groups in total. The predicted octanol–water partition coefficient (Wildman–Crippen LogP) is 9.87. The third kappa shape index (κ3) is 6.23. The van der Waals surface area contributed by atoms with Gasteiger partial charge in [-0.1, -0.05) is 104 Å². The van der Waals surface area contributed by atoms with Crippen molar-refractivity contribution < 1.29 is 25.5 Å². The van der Waals surface area contributed by atoms with Crippen LogP contribution in [0.5, 0.6) is 23.0 Å². The summed E-state index contributed by atoms with van der Waals surface area (Å²) < 4.78 is 0. The fourth-order valence-corrected chi connectivity index (χ4v) is 7.69. The average Bonchev–Trinajstić information content (AvgIpc) is 3.43. The van der Waals surface area contributed by atoms with Gasteiger partial charge in [0.15, 0.2) is 0 Å². The van der Waals surface area contributed by atoms with Gasteiger partial charge in [-0.15, -0.1) is 0 Å². The Bertz CT molecular complexity index is 2060. The van der Waals surface area contributed by atoms with Crippen molar-refractivity contribution in [2.75, 3.05) is 6.61 Å². The summed E-state index contributed by atoms with van der Waals surface area (Å²) in [6.07, 6.45) is 1.48. The topological polar surface area (TPSA) is 101 Å². The summed E-state index contributed by atoms with van der Waals surface area (Å²) >= 11 is 0. The van der Waals surface area contributed by atoms with Crippen LogP contribution in [0.4, 0.5) is 0 Å². The highest BCUT2D eigenvalue weighted by Crippen LogP contribution is 2.56. The van der Waals surface area contributed by atoms with E-state index in [0.29, 0.717) is 17.9 Å². The van der Waals surface area contributed by atoms with E-state index in [9.17, 15) is 25.5 Å². The molecule has 0 unspecified atom stereocenters. The van der Waals surface area contributed by atoms with Crippen molar-refractivity contribution in [3.63, 3.8) is 0 Å². The average molecular weight is 679 g/mol. The molecule has 7 rings (SSSR count). The second-order valence-electron chi connectivity index (χ2n) is 14.0. The van der Waals surface area contributed by atoms with Gasteiger partial charge in [0.25, 0.3) is 0 Å². The standard InChI is InChI=1S/C27H22O2.C19H24O3/c1-17-15-19(11-13-25(17)28)27(20-12-14-26(29)18(2)16-20)23-9-5-3-7-21(23)22-8-4-6-10-24(22)27;1-13-11-15(5-7-17(13)21)19(3,9-4-10-20)16-6-8-18(22)14(2)12-16/h3-16,28-29H,1-2H3;5-8,11-12,20-22H,4,9-10H2,1-3H3.